The van der Waals surface area contributed by atoms with Gasteiger partial charge in [-0.05, 0) is 43.3 Å². The van der Waals surface area contributed by atoms with Crippen molar-refractivity contribution < 1.29 is 0 Å². The lowest BCUT2D eigenvalue weighted by molar-refractivity contribution is 0.592. The molecular weight excluding hydrogens is 296 g/mol. The van der Waals surface area contributed by atoms with E-state index in [1.807, 2.05) is 12.5 Å². The summed E-state index contributed by atoms with van der Waals surface area (Å²) in [4.78, 5) is 4.15. The van der Waals surface area contributed by atoms with Crippen LogP contribution < -0.4 is 0 Å². The molecule has 1 aromatic heterocycles. The number of thioether (sulfide) groups is 2. The molecule has 0 radical (unpaired) electrons. The van der Waals surface area contributed by atoms with Gasteiger partial charge in [0.1, 0.15) is 0 Å². The first-order chi connectivity index (χ1) is 10.3. The summed E-state index contributed by atoms with van der Waals surface area (Å²) in [6.45, 7) is 3.22. The van der Waals surface area contributed by atoms with E-state index in [2.05, 4.69) is 70.5 Å². The van der Waals surface area contributed by atoms with Gasteiger partial charge in [-0.25, -0.2) is 4.98 Å². The van der Waals surface area contributed by atoms with E-state index < -0.39 is 0 Å². The van der Waals surface area contributed by atoms with Gasteiger partial charge in [-0.1, -0.05) is 29.8 Å². The molecule has 1 fully saturated rings. The van der Waals surface area contributed by atoms with Crippen molar-refractivity contribution in [2.75, 3.05) is 11.5 Å². The lowest BCUT2D eigenvalue weighted by atomic mass is 10.1. The average Bonchev–Trinajstić information content (AvgIpc) is 3.02. The second-order valence-corrected chi connectivity index (χ2v) is 8.89. The van der Waals surface area contributed by atoms with Gasteiger partial charge in [0.25, 0.3) is 0 Å². The molecule has 0 bridgehead atoms. The molecule has 0 atom stereocenters. The highest BCUT2D eigenvalue weighted by atomic mass is 32.2. The van der Waals surface area contributed by atoms with Gasteiger partial charge in [-0.15, -0.1) is 23.5 Å². The monoisotopic (exact) mass is 318 g/mol. The zero-order valence-corrected chi connectivity index (χ0v) is 14.1. The van der Waals surface area contributed by atoms with E-state index in [0.29, 0.717) is 4.08 Å². The van der Waals surface area contributed by atoms with Crippen molar-refractivity contribution in [1.82, 2.24) is 9.55 Å². The Balaban J connectivity index is 1.71. The van der Waals surface area contributed by atoms with Crippen LogP contribution in [0.5, 0.6) is 0 Å². The van der Waals surface area contributed by atoms with Crippen LogP contribution in [0.15, 0.2) is 43.0 Å². The van der Waals surface area contributed by atoms with Crippen LogP contribution in [0.25, 0.3) is 0 Å². The standard InChI is InChI=1S/C17H22N2S2/c1-15-3-5-16(6-4-15)13-17(20-11-2-12-21-17)7-9-19-10-8-18-14-19/h3-6,8,10,14H,2,7,9,11-13H2,1H3. The van der Waals surface area contributed by atoms with E-state index in [1.165, 1.54) is 35.5 Å². The predicted molar refractivity (Wildman–Crippen MR) is 94.0 cm³/mol. The van der Waals surface area contributed by atoms with E-state index in [1.54, 1.807) is 0 Å². The van der Waals surface area contributed by atoms with Crippen LogP contribution >= 0.6 is 23.5 Å². The minimum absolute atomic E-state index is 0.331. The molecule has 2 nitrogen and oxygen atoms in total. The molecule has 1 saturated heterocycles. The van der Waals surface area contributed by atoms with Crippen molar-refractivity contribution in [2.45, 2.75) is 36.8 Å². The fourth-order valence-corrected chi connectivity index (χ4v) is 6.03. The highest BCUT2D eigenvalue weighted by Gasteiger charge is 2.33. The van der Waals surface area contributed by atoms with E-state index in [0.717, 1.165) is 13.0 Å². The van der Waals surface area contributed by atoms with Gasteiger partial charge < -0.3 is 4.57 Å². The van der Waals surface area contributed by atoms with Gasteiger partial charge >= 0.3 is 0 Å². The molecule has 0 amide bonds. The normalized spacial score (nSPS) is 17.8. The molecule has 1 aliphatic heterocycles. The lowest BCUT2D eigenvalue weighted by Gasteiger charge is -2.36. The van der Waals surface area contributed by atoms with Crippen LogP contribution in [0.4, 0.5) is 0 Å². The summed E-state index contributed by atoms with van der Waals surface area (Å²) in [5.74, 6) is 2.59. The van der Waals surface area contributed by atoms with Crippen LogP contribution in [-0.2, 0) is 13.0 Å². The van der Waals surface area contributed by atoms with Crippen molar-refractivity contribution in [3.63, 3.8) is 0 Å². The van der Waals surface area contributed by atoms with Crippen LogP contribution in [0.2, 0.25) is 0 Å². The predicted octanol–water partition coefficient (Wildman–Crippen LogP) is 4.39. The number of nitrogens with zero attached hydrogens (tertiary/aromatic N) is 2. The Hall–Kier alpha value is -0.870. The fraction of sp³-hybridized carbons (Fsp3) is 0.471. The van der Waals surface area contributed by atoms with Crippen LogP contribution in [0, 0.1) is 6.92 Å². The Morgan fingerprint density at radius 1 is 1.19 bits per heavy atom. The Labute approximate surface area is 135 Å². The maximum atomic E-state index is 4.15. The van der Waals surface area contributed by atoms with Crippen LogP contribution in [0.1, 0.15) is 24.0 Å². The molecule has 0 saturated carbocycles. The molecule has 112 valence electrons. The van der Waals surface area contributed by atoms with E-state index in [4.69, 9.17) is 0 Å². The maximum absolute atomic E-state index is 4.15. The smallest absolute Gasteiger partial charge is 0.0945 e. The highest BCUT2D eigenvalue weighted by Crippen LogP contribution is 2.47. The summed E-state index contributed by atoms with van der Waals surface area (Å²) in [7, 11) is 0. The third-order valence-corrected chi connectivity index (χ3v) is 7.36. The van der Waals surface area contributed by atoms with Gasteiger partial charge in [0.05, 0.1) is 10.4 Å². The molecule has 0 unspecified atom stereocenters. The molecule has 1 aliphatic rings. The number of aromatic nitrogens is 2. The molecule has 2 aromatic rings. The minimum atomic E-state index is 0.331. The van der Waals surface area contributed by atoms with Crippen LogP contribution in [0.3, 0.4) is 0 Å². The lowest BCUT2D eigenvalue weighted by Crippen LogP contribution is -2.29. The van der Waals surface area contributed by atoms with Crippen molar-refractivity contribution in [3.8, 4) is 0 Å². The molecule has 3 rings (SSSR count). The number of hydrogen-bond donors (Lipinski definition) is 0. The molecule has 1 aromatic carbocycles. The molecule has 0 spiro atoms. The molecule has 0 N–H and O–H groups in total. The SMILES string of the molecule is Cc1ccc(CC2(CCn3ccnc3)SCCCS2)cc1. The molecule has 21 heavy (non-hydrogen) atoms. The third-order valence-electron chi connectivity index (χ3n) is 3.92. The number of rotatable bonds is 5. The number of imidazole rings is 1. The summed E-state index contributed by atoms with van der Waals surface area (Å²) < 4.78 is 2.53. The first-order valence-electron chi connectivity index (χ1n) is 7.55. The average molecular weight is 319 g/mol. The Morgan fingerprint density at radius 3 is 2.62 bits per heavy atom. The third kappa shape index (κ3) is 4.07. The first kappa shape index (κ1) is 15.0. The molecule has 0 aliphatic carbocycles. The summed E-state index contributed by atoms with van der Waals surface area (Å²) in [5.41, 5.74) is 2.81. The summed E-state index contributed by atoms with van der Waals surface area (Å²) in [6.07, 6.45) is 9.57. The van der Waals surface area contributed by atoms with Gasteiger partial charge in [0.2, 0.25) is 0 Å². The first-order valence-corrected chi connectivity index (χ1v) is 9.52. The van der Waals surface area contributed by atoms with Crippen molar-refractivity contribution in [2.24, 2.45) is 0 Å². The zero-order chi connectivity index (χ0) is 14.5. The Morgan fingerprint density at radius 2 is 1.95 bits per heavy atom. The van der Waals surface area contributed by atoms with Gasteiger partial charge in [0.15, 0.2) is 0 Å². The number of aryl methyl sites for hydroxylation is 2. The second-order valence-electron chi connectivity index (χ2n) is 5.67. The topological polar surface area (TPSA) is 17.8 Å². The van der Waals surface area contributed by atoms with Gasteiger partial charge in [-0.2, -0.15) is 0 Å². The summed E-state index contributed by atoms with van der Waals surface area (Å²) >= 11 is 4.32. The van der Waals surface area contributed by atoms with E-state index in [9.17, 15) is 0 Å². The van der Waals surface area contributed by atoms with E-state index in [-0.39, 0.29) is 0 Å². The minimum Gasteiger partial charge on any atom is -0.337 e. The quantitative estimate of drug-likeness (QED) is 0.814. The van der Waals surface area contributed by atoms with Gasteiger partial charge in [0, 0.05) is 18.9 Å². The van der Waals surface area contributed by atoms with Crippen molar-refractivity contribution >= 4 is 23.5 Å². The largest absolute Gasteiger partial charge is 0.337 e. The Kier molecular flexibility index (Phi) is 4.96. The summed E-state index contributed by atoms with van der Waals surface area (Å²) in [6, 6.07) is 9.06. The fourth-order valence-electron chi connectivity index (χ4n) is 2.69. The second kappa shape index (κ2) is 6.93. The molecular formula is C17H22N2S2. The zero-order valence-electron chi connectivity index (χ0n) is 12.5. The van der Waals surface area contributed by atoms with Crippen molar-refractivity contribution in [1.29, 1.82) is 0 Å². The van der Waals surface area contributed by atoms with Crippen molar-refractivity contribution in [3.05, 3.63) is 54.1 Å². The number of hydrogen-bond acceptors (Lipinski definition) is 3. The molecule has 2 heterocycles. The van der Waals surface area contributed by atoms with E-state index >= 15 is 0 Å². The van der Waals surface area contributed by atoms with Gasteiger partial charge in [-0.3, -0.25) is 0 Å². The Bertz CT molecular complexity index is 543. The van der Waals surface area contributed by atoms with Crippen LogP contribution in [-0.4, -0.2) is 25.1 Å². The highest BCUT2D eigenvalue weighted by molar-refractivity contribution is 8.18. The number of benzene rings is 1. The maximum Gasteiger partial charge on any atom is 0.0945 e. The molecule has 4 heteroatoms. The summed E-state index contributed by atoms with van der Waals surface area (Å²) in [5, 5.41) is 0.